The molecule has 3 aliphatic heterocycles. The van der Waals surface area contributed by atoms with Gasteiger partial charge in [-0.15, -0.1) is 6.58 Å². The molecular weight excluding hydrogens is 400 g/mol. The Morgan fingerprint density at radius 2 is 2.13 bits per heavy atom. The van der Waals surface area contributed by atoms with Crippen LogP contribution in [0.4, 0.5) is 0 Å². The van der Waals surface area contributed by atoms with Crippen molar-refractivity contribution >= 4 is 17.8 Å². The van der Waals surface area contributed by atoms with E-state index in [4.69, 9.17) is 9.47 Å². The van der Waals surface area contributed by atoms with Gasteiger partial charge in [-0.1, -0.05) is 19.4 Å². The summed E-state index contributed by atoms with van der Waals surface area (Å²) in [7, 11) is 0. The summed E-state index contributed by atoms with van der Waals surface area (Å²) in [5.41, 5.74) is -1.06. The van der Waals surface area contributed by atoms with Crippen LogP contribution in [0.1, 0.15) is 53.4 Å². The number of hydrogen-bond donors (Lipinski definition) is 1. The molecule has 3 aliphatic rings. The normalized spacial score (nSPS) is 33.2. The van der Waals surface area contributed by atoms with Crippen LogP contribution in [0, 0.1) is 11.8 Å². The molecule has 0 aromatic carbocycles. The zero-order chi connectivity index (χ0) is 22.9. The van der Waals surface area contributed by atoms with E-state index in [1.165, 1.54) is 4.90 Å². The van der Waals surface area contributed by atoms with Crippen molar-refractivity contribution in [2.45, 2.75) is 83.2 Å². The van der Waals surface area contributed by atoms with Crippen LogP contribution in [0.5, 0.6) is 0 Å². The highest BCUT2D eigenvalue weighted by molar-refractivity contribution is 5.98. The van der Waals surface area contributed by atoms with Crippen molar-refractivity contribution in [1.29, 1.82) is 0 Å². The summed E-state index contributed by atoms with van der Waals surface area (Å²) in [4.78, 5) is 43.5. The van der Waals surface area contributed by atoms with Crippen LogP contribution in [-0.4, -0.2) is 82.3 Å². The summed E-state index contributed by atoms with van der Waals surface area (Å²) < 4.78 is 11.6. The number of rotatable bonds is 10. The quantitative estimate of drug-likeness (QED) is 0.412. The third-order valence-electron chi connectivity index (χ3n) is 7.12. The second-order valence-corrected chi connectivity index (χ2v) is 9.00. The Morgan fingerprint density at radius 1 is 1.42 bits per heavy atom. The number of esters is 1. The smallest absolute Gasteiger partial charge is 0.312 e. The molecule has 2 bridgehead atoms. The second-order valence-electron chi connectivity index (χ2n) is 9.00. The number of likely N-dealkylation sites (tertiary alicyclic amines) is 1. The van der Waals surface area contributed by atoms with E-state index in [-0.39, 0.29) is 31.1 Å². The fraction of sp³-hybridized carbons (Fsp3) is 0.783. The number of carbonyl (C=O) groups excluding carboxylic acids is 3. The lowest BCUT2D eigenvalue weighted by molar-refractivity contribution is -0.156. The minimum absolute atomic E-state index is 0.0354. The SMILES string of the molecule is C=CCN(C(=O)[C@H]1N([C@H](C)CO)C(=O)[C@@H]2[C@@H](C(=O)OCC)[C@H]3CC[C@]21O3)C(C)CCC. The van der Waals surface area contributed by atoms with E-state index in [0.717, 1.165) is 12.8 Å². The van der Waals surface area contributed by atoms with Gasteiger partial charge in [0.15, 0.2) is 0 Å². The number of fused-ring (bicyclic) bond motifs is 1. The number of nitrogens with zero attached hydrogens (tertiary/aromatic N) is 2. The summed E-state index contributed by atoms with van der Waals surface area (Å²) in [6.45, 7) is 11.6. The molecule has 2 amide bonds. The molecule has 1 unspecified atom stereocenters. The van der Waals surface area contributed by atoms with Crippen molar-refractivity contribution in [1.82, 2.24) is 9.80 Å². The number of carbonyl (C=O) groups is 3. The number of amides is 2. The lowest BCUT2D eigenvalue weighted by Crippen LogP contribution is -2.59. The topological polar surface area (TPSA) is 96.4 Å². The van der Waals surface area contributed by atoms with Crippen molar-refractivity contribution in [3.8, 4) is 0 Å². The summed E-state index contributed by atoms with van der Waals surface area (Å²) in [5, 5.41) is 9.87. The summed E-state index contributed by atoms with van der Waals surface area (Å²) in [6.07, 6.45) is 4.13. The maximum Gasteiger partial charge on any atom is 0.312 e. The van der Waals surface area contributed by atoms with Gasteiger partial charge in [-0.05, 0) is 40.0 Å². The number of hydrogen-bond acceptors (Lipinski definition) is 6. The first kappa shape index (κ1) is 23.7. The lowest BCUT2D eigenvalue weighted by atomic mass is 9.70. The average molecular weight is 437 g/mol. The Hall–Kier alpha value is -1.93. The Bertz CT molecular complexity index is 727. The molecular formula is C23H36N2O6. The Labute approximate surface area is 184 Å². The van der Waals surface area contributed by atoms with Crippen LogP contribution in [0.2, 0.25) is 0 Å². The molecule has 3 fully saturated rings. The molecule has 0 aliphatic carbocycles. The van der Waals surface area contributed by atoms with E-state index in [1.54, 1.807) is 24.8 Å². The number of ether oxygens (including phenoxy) is 2. The Kier molecular flexibility index (Phi) is 7.11. The average Bonchev–Trinajstić information content (AvgIpc) is 3.38. The van der Waals surface area contributed by atoms with Gasteiger partial charge < -0.3 is 24.4 Å². The van der Waals surface area contributed by atoms with Gasteiger partial charge in [-0.3, -0.25) is 14.4 Å². The summed E-state index contributed by atoms with van der Waals surface area (Å²) >= 11 is 0. The highest BCUT2D eigenvalue weighted by Crippen LogP contribution is 2.59. The zero-order valence-corrected chi connectivity index (χ0v) is 19.1. The predicted octanol–water partition coefficient (Wildman–Crippen LogP) is 1.51. The van der Waals surface area contributed by atoms with Crippen LogP contribution in [0.3, 0.4) is 0 Å². The van der Waals surface area contributed by atoms with Crippen molar-refractivity contribution in [2.24, 2.45) is 11.8 Å². The monoisotopic (exact) mass is 436 g/mol. The van der Waals surface area contributed by atoms with E-state index >= 15 is 0 Å². The molecule has 7 atom stereocenters. The highest BCUT2D eigenvalue weighted by atomic mass is 16.6. The van der Waals surface area contributed by atoms with E-state index in [9.17, 15) is 19.5 Å². The standard InChI is InChI=1S/C23H36N2O6/c1-6-9-14(4)24(12-7-2)21(28)19-23-11-10-16(31-23)17(22(29)30-8-3)18(23)20(27)25(19)15(5)13-26/h7,14-19,26H,2,6,8-13H2,1,3-5H3/t14?,15-,16-,17+,18+,19-,23+/m1/s1. The molecule has 0 radical (unpaired) electrons. The van der Waals surface area contributed by atoms with Gasteiger partial charge in [0, 0.05) is 12.6 Å². The first-order chi connectivity index (χ1) is 14.8. The van der Waals surface area contributed by atoms with Crippen LogP contribution in [-0.2, 0) is 23.9 Å². The third-order valence-corrected chi connectivity index (χ3v) is 7.12. The molecule has 0 aromatic rings. The predicted molar refractivity (Wildman–Crippen MR) is 114 cm³/mol. The van der Waals surface area contributed by atoms with Gasteiger partial charge in [-0.2, -0.15) is 0 Å². The Morgan fingerprint density at radius 3 is 2.71 bits per heavy atom. The zero-order valence-electron chi connectivity index (χ0n) is 19.1. The lowest BCUT2D eigenvalue weighted by Gasteiger charge is -2.40. The Balaban J connectivity index is 2.05. The van der Waals surface area contributed by atoms with Gasteiger partial charge in [0.25, 0.3) is 0 Å². The highest BCUT2D eigenvalue weighted by Gasteiger charge is 2.75. The molecule has 1 N–H and O–H groups in total. The van der Waals surface area contributed by atoms with Gasteiger partial charge in [-0.25, -0.2) is 0 Å². The van der Waals surface area contributed by atoms with E-state index in [2.05, 4.69) is 13.5 Å². The number of aliphatic hydroxyl groups excluding tert-OH is 1. The molecule has 3 saturated heterocycles. The molecule has 8 heteroatoms. The number of aliphatic hydroxyl groups is 1. The summed E-state index contributed by atoms with van der Waals surface area (Å²) in [6, 6.07) is -1.48. The maximum atomic E-state index is 14.0. The van der Waals surface area contributed by atoms with Crippen LogP contribution in [0.15, 0.2) is 12.7 Å². The van der Waals surface area contributed by atoms with Crippen LogP contribution >= 0.6 is 0 Å². The van der Waals surface area contributed by atoms with Crippen molar-refractivity contribution in [3.63, 3.8) is 0 Å². The van der Waals surface area contributed by atoms with Gasteiger partial charge in [0.2, 0.25) is 11.8 Å². The maximum absolute atomic E-state index is 14.0. The molecule has 3 heterocycles. The van der Waals surface area contributed by atoms with Crippen molar-refractivity contribution in [2.75, 3.05) is 19.8 Å². The van der Waals surface area contributed by atoms with E-state index < -0.39 is 41.6 Å². The largest absolute Gasteiger partial charge is 0.466 e. The fourth-order valence-corrected chi connectivity index (χ4v) is 5.80. The van der Waals surface area contributed by atoms with Gasteiger partial charge in [0.05, 0.1) is 37.2 Å². The molecule has 1 spiro atoms. The van der Waals surface area contributed by atoms with E-state index in [0.29, 0.717) is 19.4 Å². The van der Waals surface area contributed by atoms with Gasteiger partial charge in [0.1, 0.15) is 11.6 Å². The van der Waals surface area contributed by atoms with Gasteiger partial charge >= 0.3 is 5.97 Å². The van der Waals surface area contributed by atoms with Crippen LogP contribution in [0.25, 0.3) is 0 Å². The molecule has 8 nitrogen and oxygen atoms in total. The minimum atomic E-state index is -1.06. The molecule has 3 rings (SSSR count). The van der Waals surface area contributed by atoms with E-state index in [1.807, 2.05) is 6.92 Å². The van der Waals surface area contributed by atoms with Crippen molar-refractivity contribution < 1.29 is 29.0 Å². The van der Waals surface area contributed by atoms with Crippen molar-refractivity contribution in [3.05, 3.63) is 12.7 Å². The molecule has 174 valence electrons. The third kappa shape index (κ3) is 3.67. The first-order valence-corrected chi connectivity index (χ1v) is 11.5. The summed E-state index contributed by atoms with van der Waals surface area (Å²) in [5.74, 6) is -2.43. The molecule has 31 heavy (non-hydrogen) atoms. The van der Waals surface area contributed by atoms with Crippen LogP contribution < -0.4 is 0 Å². The first-order valence-electron chi connectivity index (χ1n) is 11.5. The molecule has 0 saturated carbocycles. The second kappa shape index (κ2) is 9.28. The fourth-order valence-electron chi connectivity index (χ4n) is 5.80. The molecule has 0 aromatic heterocycles. The minimum Gasteiger partial charge on any atom is -0.466 e.